The van der Waals surface area contributed by atoms with Crippen LogP contribution in [-0.4, -0.2) is 37.5 Å². The molecule has 1 aliphatic heterocycles. The minimum Gasteiger partial charge on any atom is -0.326 e. The molecule has 0 aromatic heterocycles. The Bertz CT molecular complexity index is 991. The molecule has 1 saturated heterocycles. The third-order valence-corrected chi connectivity index (χ3v) is 6.54. The van der Waals surface area contributed by atoms with E-state index in [0.29, 0.717) is 37.2 Å². The Morgan fingerprint density at radius 3 is 2.21 bits per heavy atom. The van der Waals surface area contributed by atoms with E-state index >= 15 is 0 Å². The Morgan fingerprint density at radius 2 is 1.62 bits per heavy atom. The van der Waals surface area contributed by atoms with Gasteiger partial charge in [-0.15, -0.1) is 0 Å². The number of benzene rings is 2. The van der Waals surface area contributed by atoms with Crippen LogP contribution in [0.3, 0.4) is 0 Å². The Hall–Kier alpha value is -2.77. The minimum atomic E-state index is -3.51. The molecule has 0 radical (unpaired) electrons. The predicted molar refractivity (Wildman–Crippen MR) is 114 cm³/mol. The molecule has 0 bridgehead atoms. The maximum absolute atomic E-state index is 12.5. The van der Waals surface area contributed by atoms with Gasteiger partial charge in [-0.2, -0.15) is 4.31 Å². The first-order valence-corrected chi connectivity index (χ1v) is 11.0. The molecule has 0 saturated carbocycles. The van der Waals surface area contributed by atoms with Crippen LogP contribution in [0.1, 0.15) is 35.7 Å². The van der Waals surface area contributed by atoms with Crippen molar-refractivity contribution >= 4 is 33.5 Å². The Kier molecular flexibility index (Phi) is 6.61. The maximum Gasteiger partial charge on any atom is 0.236 e. The average Bonchev–Trinajstić information content (AvgIpc) is 2.73. The molecule has 2 aromatic rings. The van der Waals surface area contributed by atoms with Gasteiger partial charge in [0, 0.05) is 35.7 Å². The van der Waals surface area contributed by atoms with E-state index in [1.54, 1.807) is 30.3 Å². The number of nitrogens with zero attached hydrogens (tertiary/aromatic N) is 1. The van der Waals surface area contributed by atoms with Crippen LogP contribution in [0.15, 0.2) is 60.0 Å². The second kappa shape index (κ2) is 9.15. The first kappa shape index (κ1) is 21.0. The standard InChI is InChI=1S/C22H24N2O4S/c1-17(25)19-7-9-21(10-8-19)23-22(26)20-11-14-24(15-12-20)29(27,28)16-13-18-5-3-2-4-6-18/h2-10,13,16,20H,11-12,14-15H2,1H3,(H,23,26). The van der Waals surface area contributed by atoms with Crippen molar-refractivity contribution in [1.29, 1.82) is 0 Å². The molecule has 1 aliphatic rings. The second-order valence-corrected chi connectivity index (χ2v) is 8.87. The van der Waals surface area contributed by atoms with Gasteiger partial charge in [0.25, 0.3) is 0 Å². The van der Waals surface area contributed by atoms with E-state index in [9.17, 15) is 18.0 Å². The molecule has 0 unspecified atom stereocenters. The Morgan fingerprint density at radius 1 is 1.00 bits per heavy atom. The first-order valence-electron chi connectivity index (χ1n) is 9.50. The van der Waals surface area contributed by atoms with E-state index in [0.717, 1.165) is 5.56 Å². The molecule has 1 fully saturated rings. The van der Waals surface area contributed by atoms with Crippen LogP contribution in [0.4, 0.5) is 5.69 Å². The lowest BCUT2D eigenvalue weighted by molar-refractivity contribution is -0.120. The van der Waals surface area contributed by atoms with Gasteiger partial charge in [-0.05, 0) is 55.7 Å². The molecule has 3 rings (SSSR count). The largest absolute Gasteiger partial charge is 0.326 e. The minimum absolute atomic E-state index is 0.0298. The van der Waals surface area contributed by atoms with E-state index in [1.807, 2.05) is 30.3 Å². The number of Topliss-reactive ketones (excluding diaryl/α,β-unsaturated/α-hetero) is 1. The summed E-state index contributed by atoms with van der Waals surface area (Å²) in [6.07, 6.45) is 2.52. The number of hydrogen-bond donors (Lipinski definition) is 1. The van der Waals surface area contributed by atoms with Crippen molar-refractivity contribution in [2.24, 2.45) is 5.92 Å². The summed E-state index contributed by atoms with van der Waals surface area (Å²) in [6.45, 7) is 2.11. The van der Waals surface area contributed by atoms with Gasteiger partial charge >= 0.3 is 0 Å². The zero-order chi connectivity index (χ0) is 20.9. The number of amides is 1. The van der Waals surface area contributed by atoms with Gasteiger partial charge in [0.15, 0.2) is 5.78 Å². The zero-order valence-corrected chi connectivity index (χ0v) is 17.1. The van der Waals surface area contributed by atoms with Crippen LogP contribution in [-0.2, 0) is 14.8 Å². The third kappa shape index (κ3) is 5.62. The number of hydrogen-bond acceptors (Lipinski definition) is 4. The van der Waals surface area contributed by atoms with Gasteiger partial charge in [-0.3, -0.25) is 9.59 Å². The van der Waals surface area contributed by atoms with Crippen LogP contribution in [0.5, 0.6) is 0 Å². The van der Waals surface area contributed by atoms with E-state index in [-0.39, 0.29) is 17.6 Å². The second-order valence-electron chi connectivity index (χ2n) is 7.05. The highest BCUT2D eigenvalue weighted by molar-refractivity contribution is 7.92. The Balaban J connectivity index is 1.54. The molecule has 152 valence electrons. The molecule has 0 aliphatic carbocycles. The summed E-state index contributed by atoms with van der Waals surface area (Å²) >= 11 is 0. The van der Waals surface area contributed by atoms with E-state index < -0.39 is 10.0 Å². The molecule has 1 amide bonds. The highest BCUT2D eigenvalue weighted by Crippen LogP contribution is 2.22. The summed E-state index contributed by atoms with van der Waals surface area (Å²) < 4.78 is 26.5. The van der Waals surface area contributed by atoms with Crippen LogP contribution < -0.4 is 5.32 Å². The van der Waals surface area contributed by atoms with Crippen molar-refractivity contribution in [3.05, 3.63) is 71.1 Å². The number of ketones is 1. The number of nitrogens with one attached hydrogen (secondary N) is 1. The van der Waals surface area contributed by atoms with Crippen molar-refractivity contribution in [2.75, 3.05) is 18.4 Å². The summed E-state index contributed by atoms with van der Waals surface area (Å²) in [5.74, 6) is -0.401. The van der Waals surface area contributed by atoms with E-state index in [1.165, 1.54) is 16.6 Å². The smallest absolute Gasteiger partial charge is 0.236 e. The van der Waals surface area contributed by atoms with Gasteiger partial charge in [0.2, 0.25) is 15.9 Å². The summed E-state index contributed by atoms with van der Waals surface area (Å²) in [5.41, 5.74) is 2.03. The molecule has 2 aromatic carbocycles. The van der Waals surface area contributed by atoms with Crippen LogP contribution in [0, 0.1) is 5.92 Å². The molecule has 29 heavy (non-hydrogen) atoms. The molecule has 0 spiro atoms. The van der Waals surface area contributed by atoms with Crippen molar-refractivity contribution in [3.63, 3.8) is 0 Å². The lowest BCUT2D eigenvalue weighted by Gasteiger charge is -2.29. The first-order chi connectivity index (χ1) is 13.8. The van der Waals surface area contributed by atoms with Crippen LogP contribution >= 0.6 is 0 Å². The summed E-state index contributed by atoms with van der Waals surface area (Å²) in [6, 6.07) is 16.0. The number of carbonyl (C=O) groups is 2. The van der Waals surface area contributed by atoms with Crippen molar-refractivity contribution in [3.8, 4) is 0 Å². The fourth-order valence-corrected chi connectivity index (χ4v) is 4.44. The fraction of sp³-hybridized carbons (Fsp3) is 0.273. The highest BCUT2D eigenvalue weighted by Gasteiger charge is 2.30. The topological polar surface area (TPSA) is 83.6 Å². The molecule has 1 N–H and O–H groups in total. The van der Waals surface area contributed by atoms with Gasteiger partial charge in [0.1, 0.15) is 0 Å². The quantitative estimate of drug-likeness (QED) is 0.736. The maximum atomic E-state index is 12.5. The van der Waals surface area contributed by atoms with E-state index in [2.05, 4.69) is 5.32 Å². The SMILES string of the molecule is CC(=O)c1ccc(NC(=O)C2CCN(S(=O)(=O)C=Cc3ccccc3)CC2)cc1. The monoisotopic (exact) mass is 412 g/mol. The molecule has 7 heteroatoms. The Labute approximate surface area is 171 Å². The summed E-state index contributed by atoms with van der Waals surface area (Å²) in [4.78, 5) is 23.8. The zero-order valence-electron chi connectivity index (χ0n) is 16.2. The van der Waals surface area contributed by atoms with E-state index in [4.69, 9.17) is 0 Å². The number of carbonyl (C=O) groups excluding carboxylic acids is 2. The lowest BCUT2D eigenvalue weighted by atomic mass is 9.97. The van der Waals surface area contributed by atoms with Gasteiger partial charge in [-0.25, -0.2) is 8.42 Å². The van der Waals surface area contributed by atoms with Gasteiger partial charge in [0.05, 0.1) is 0 Å². The molecular formula is C22H24N2O4S. The fourth-order valence-electron chi connectivity index (χ4n) is 3.22. The number of piperidine rings is 1. The molecule has 0 atom stereocenters. The van der Waals surface area contributed by atoms with Crippen LogP contribution in [0.2, 0.25) is 0 Å². The number of sulfonamides is 1. The number of anilines is 1. The van der Waals surface area contributed by atoms with Crippen molar-refractivity contribution < 1.29 is 18.0 Å². The van der Waals surface area contributed by atoms with Crippen molar-refractivity contribution in [1.82, 2.24) is 4.31 Å². The van der Waals surface area contributed by atoms with Crippen LogP contribution in [0.25, 0.3) is 6.08 Å². The van der Waals surface area contributed by atoms with Gasteiger partial charge in [-0.1, -0.05) is 30.3 Å². The lowest BCUT2D eigenvalue weighted by Crippen LogP contribution is -2.40. The number of rotatable bonds is 6. The molecular weight excluding hydrogens is 388 g/mol. The van der Waals surface area contributed by atoms with Crippen molar-refractivity contribution in [2.45, 2.75) is 19.8 Å². The molecule has 6 nitrogen and oxygen atoms in total. The average molecular weight is 413 g/mol. The predicted octanol–water partition coefficient (Wildman–Crippen LogP) is 3.54. The summed E-state index contributed by atoms with van der Waals surface area (Å²) in [5, 5.41) is 4.07. The summed E-state index contributed by atoms with van der Waals surface area (Å²) in [7, 11) is -3.51. The highest BCUT2D eigenvalue weighted by atomic mass is 32.2. The normalized spacial score (nSPS) is 16.0. The van der Waals surface area contributed by atoms with Gasteiger partial charge < -0.3 is 5.32 Å². The molecule has 1 heterocycles. The third-order valence-electron chi connectivity index (χ3n) is 4.98.